The van der Waals surface area contributed by atoms with Crippen LogP contribution >= 0.6 is 11.3 Å². The predicted molar refractivity (Wildman–Crippen MR) is 64.2 cm³/mol. The van der Waals surface area contributed by atoms with Crippen LogP contribution in [0.5, 0.6) is 0 Å². The summed E-state index contributed by atoms with van der Waals surface area (Å²) >= 11 is 1.51. The lowest BCUT2D eigenvalue weighted by Gasteiger charge is -1.93. The second-order valence-corrected chi connectivity index (χ2v) is 4.51. The van der Waals surface area contributed by atoms with E-state index in [2.05, 4.69) is 9.97 Å². The van der Waals surface area contributed by atoms with Crippen LogP contribution in [-0.4, -0.2) is 25.4 Å². The van der Waals surface area contributed by atoms with Gasteiger partial charge in [0.2, 0.25) is 0 Å². The highest BCUT2D eigenvalue weighted by molar-refractivity contribution is 7.15. The van der Waals surface area contributed by atoms with Gasteiger partial charge in [-0.1, -0.05) is 0 Å². The summed E-state index contributed by atoms with van der Waals surface area (Å²) < 4.78 is 1.92. The van der Waals surface area contributed by atoms with Crippen molar-refractivity contribution in [3.8, 4) is 11.3 Å². The summed E-state index contributed by atoms with van der Waals surface area (Å²) in [5.74, 6) is -0.862. The van der Waals surface area contributed by atoms with Crippen LogP contribution in [0.3, 0.4) is 0 Å². The smallest absolute Gasteiger partial charge is 0.309 e. The Morgan fingerprint density at radius 2 is 2.47 bits per heavy atom. The number of carbonyl (C=O) groups is 1. The van der Waals surface area contributed by atoms with Crippen LogP contribution in [0.1, 0.15) is 5.69 Å². The molecule has 17 heavy (non-hydrogen) atoms. The molecule has 0 aliphatic heterocycles. The summed E-state index contributed by atoms with van der Waals surface area (Å²) in [4.78, 5) is 18.7. The Morgan fingerprint density at radius 3 is 3.18 bits per heavy atom. The lowest BCUT2D eigenvalue weighted by Crippen LogP contribution is -1.99. The molecule has 3 rings (SSSR count). The SMILES string of the molecule is O=C(O)Cc1cn2c(-c3cc[nH]c3)csc2n1. The molecule has 3 heterocycles. The first-order chi connectivity index (χ1) is 8.24. The average molecular weight is 247 g/mol. The molecule has 0 aliphatic rings. The normalized spacial score (nSPS) is 11.1. The largest absolute Gasteiger partial charge is 0.481 e. The number of hydrogen-bond acceptors (Lipinski definition) is 3. The number of aromatic amines is 1. The number of carboxylic acid groups (broad SMARTS) is 1. The Balaban J connectivity index is 2.09. The van der Waals surface area contributed by atoms with E-state index in [9.17, 15) is 4.79 Å². The predicted octanol–water partition coefficient (Wildman–Crippen LogP) is 2.02. The number of aromatic nitrogens is 3. The van der Waals surface area contributed by atoms with Crippen LogP contribution < -0.4 is 0 Å². The molecule has 0 aromatic carbocycles. The lowest BCUT2D eigenvalue weighted by atomic mass is 10.3. The van der Waals surface area contributed by atoms with Crippen molar-refractivity contribution in [2.24, 2.45) is 0 Å². The Bertz CT molecular complexity index is 666. The van der Waals surface area contributed by atoms with Gasteiger partial charge in [0, 0.05) is 29.5 Å². The number of rotatable bonds is 3. The molecule has 0 unspecified atom stereocenters. The maximum Gasteiger partial charge on any atom is 0.309 e. The maximum absolute atomic E-state index is 10.6. The standard InChI is InChI=1S/C11H9N3O2S/c15-10(16)3-8-5-14-9(6-17-11(14)13-8)7-1-2-12-4-7/h1-2,4-6,12H,3H2,(H,15,16). The van der Waals surface area contributed by atoms with Gasteiger partial charge in [-0.05, 0) is 6.07 Å². The number of hydrogen-bond donors (Lipinski definition) is 2. The second-order valence-electron chi connectivity index (χ2n) is 3.68. The molecule has 2 N–H and O–H groups in total. The Kier molecular flexibility index (Phi) is 2.22. The van der Waals surface area contributed by atoms with Gasteiger partial charge in [0.05, 0.1) is 17.8 Å². The van der Waals surface area contributed by atoms with E-state index in [1.54, 1.807) is 6.20 Å². The van der Waals surface area contributed by atoms with Crippen LogP contribution in [0.25, 0.3) is 16.2 Å². The van der Waals surface area contributed by atoms with Crippen molar-refractivity contribution >= 4 is 22.3 Å². The quantitative estimate of drug-likeness (QED) is 0.743. The fourth-order valence-corrected chi connectivity index (χ4v) is 2.66. The number of imidazole rings is 1. The van der Waals surface area contributed by atoms with Gasteiger partial charge in [-0.25, -0.2) is 4.98 Å². The van der Waals surface area contributed by atoms with Crippen LogP contribution in [0.15, 0.2) is 30.0 Å². The first-order valence-electron chi connectivity index (χ1n) is 5.04. The molecule has 0 radical (unpaired) electrons. The summed E-state index contributed by atoms with van der Waals surface area (Å²) in [7, 11) is 0. The summed E-state index contributed by atoms with van der Waals surface area (Å²) in [5, 5.41) is 10.7. The van der Waals surface area contributed by atoms with Gasteiger partial charge < -0.3 is 10.1 Å². The summed E-state index contributed by atoms with van der Waals surface area (Å²) in [5.41, 5.74) is 2.67. The van der Waals surface area contributed by atoms with Crippen LogP contribution in [0.4, 0.5) is 0 Å². The number of thiazole rings is 1. The second kappa shape index (κ2) is 3.74. The number of H-pyrrole nitrogens is 1. The van der Waals surface area contributed by atoms with E-state index in [-0.39, 0.29) is 6.42 Å². The van der Waals surface area contributed by atoms with Crippen molar-refractivity contribution in [3.63, 3.8) is 0 Å². The van der Waals surface area contributed by atoms with Crippen molar-refractivity contribution in [1.29, 1.82) is 0 Å². The third-order valence-electron chi connectivity index (χ3n) is 2.49. The van der Waals surface area contributed by atoms with E-state index in [0.29, 0.717) is 5.69 Å². The molecule has 0 bridgehead atoms. The first kappa shape index (κ1) is 10.1. The highest BCUT2D eigenvalue weighted by Gasteiger charge is 2.11. The van der Waals surface area contributed by atoms with Crippen molar-refractivity contribution in [1.82, 2.24) is 14.4 Å². The van der Waals surface area contributed by atoms with Gasteiger partial charge in [-0.3, -0.25) is 9.20 Å². The summed E-state index contributed by atoms with van der Waals surface area (Å²) in [6.45, 7) is 0. The van der Waals surface area contributed by atoms with E-state index in [0.717, 1.165) is 16.2 Å². The fourth-order valence-electron chi connectivity index (χ4n) is 1.76. The molecule has 86 valence electrons. The molecule has 5 nitrogen and oxygen atoms in total. The van der Waals surface area contributed by atoms with E-state index in [1.807, 2.05) is 28.2 Å². The number of nitrogens with zero attached hydrogens (tertiary/aromatic N) is 2. The van der Waals surface area contributed by atoms with Crippen LogP contribution in [-0.2, 0) is 11.2 Å². The minimum absolute atomic E-state index is 0.0407. The van der Waals surface area contributed by atoms with Crippen LogP contribution in [0.2, 0.25) is 0 Å². The molecule has 6 heteroatoms. The molecule has 0 saturated heterocycles. The maximum atomic E-state index is 10.6. The van der Waals surface area contributed by atoms with Gasteiger partial charge in [0.15, 0.2) is 4.96 Å². The van der Waals surface area contributed by atoms with E-state index in [4.69, 9.17) is 5.11 Å². The number of carboxylic acids is 1. The minimum Gasteiger partial charge on any atom is -0.481 e. The molecule has 3 aromatic heterocycles. The molecular weight excluding hydrogens is 238 g/mol. The Morgan fingerprint density at radius 1 is 1.59 bits per heavy atom. The zero-order valence-corrected chi connectivity index (χ0v) is 9.57. The Labute approximate surface area is 100 Å². The molecule has 0 atom stereocenters. The molecule has 0 saturated carbocycles. The lowest BCUT2D eigenvalue weighted by molar-refractivity contribution is -0.136. The van der Waals surface area contributed by atoms with Gasteiger partial charge in [0.25, 0.3) is 0 Å². The highest BCUT2D eigenvalue weighted by atomic mass is 32.1. The topological polar surface area (TPSA) is 70.4 Å². The first-order valence-corrected chi connectivity index (χ1v) is 5.92. The van der Waals surface area contributed by atoms with Crippen molar-refractivity contribution in [2.45, 2.75) is 6.42 Å². The molecule has 3 aromatic rings. The van der Waals surface area contributed by atoms with Crippen molar-refractivity contribution in [3.05, 3.63) is 35.7 Å². The van der Waals surface area contributed by atoms with E-state index in [1.165, 1.54) is 11.3 Å². The summed E-state index contributed by atoms with van der Waals surface area (Å²) in [6.07, 6.45) is 5.50. The van der Waals surface area contributed by atoms with Crippen molar-refractivity contribution < 1.29 is 9.90 Å². The third kappa shape index (κ3) is 1.72. The van der Waals surface area contributed by atoms with Gasteiger partial charge in [-0.15, -0.1) is 11.3 Å². The monoisotopic (exact) mass is 247 g/mol. The number of fused-ring (bicyclic) bond motifs is 1. The summed E-state index contributed by atoms with van der Waals surface area (Å²) in [6, 6.07) is 1.97. The minimum atomic E-state index is -0.862. The highest BCUT2D eigenvalue weighted by Crippen LogP contribution is 2.25. The van der Waals surface area contributed by atoms with E-state index >= 15 is 0 Å². The zero-order valence-electron chi connectivity index (χ0n) is 8.75. The molecule has 0 spiro atoms. The van der Waals surface area contributed by atoms with Gasteiger partial charge >= 0.3 is 5.97 Å². The fraction of sp³-hybridized carbons (Fsp3) is 0.0909. The van der Waals surface area contributed by atoms with Crippen molar-refractivity contribution in [2.75, 3.05) is 0 Å². The molecule has 0 aliphatic carbocycles. The Hall–Kier alpha value is -2.08. The zero-order chi connectivity index (χ0) is 11.8. The molecule has 0 fully saturated rings. The van der Waals surface area contributed by atoms with E-state index < -0.39 is 5.97 Å². The average Bonchev–Trinajstić information content (AvgIpc) is 2.89. The number of nitrogens with one attached hydrogen (secondary N) is 1. The third-order valence-corrected chi connectivity index (χ3v) is 3.32. The number of aliphatic carboxylic acids is 1. The van der Waals surface area contributed by atoms with Crippen LogP contribution in [0, 0.1) is 0 Å². The molecular formula is C11H9N3O2S. The van der Waals surface area contributed by atoms with Gasteiger partial charge in [-0.2, -0.15) is 0 Å². The molecule has 0 amide bonds. The van der Waals surface area contributed by atoms with Gasteiger partial charge in [0.1, 0.15) is 0 Å².